The van der Waals surface area contributed by atoms with Crippen LogP contribution in [0.15, 0.2) is 57.7 Å². The van der Waals surface area contributed by atoms with Crippen molar-refractivity contribution in [3.8, 4) is 39.3 Å². The average molecular weight is 738 g/mol. The first-order valence-electron chi connectivity index (χ1n) is 13.9. The van der Waals surface area contributed by atoms with Crippen molar-refractivity contribution in [3.05, 3.63) is 95.0 Å². The van der Waals surface area contributed by atoms with Crippen molar-refractivity contribution in [2.75, 3.05) is 6.54 Å². The number of nitrogens with one attached hydrogen (secondary N) is 1. The Morgan fingerprint density at radius 1 is 0.766 bits per heavy atom. The second-order valence-electron chi connectivity index (χ2n) is 10.5. The average Bonchev–Trinajstić information content (AvgIpc) is 3.02. The van der Waals surface area contributed by atoms with E-state index in [0.717, 1.165) is 0 Å². The van der Waals surface area contributed by atoms with Crippen molar-refractivity contribution < 1.29 is 34.1 Å². The standard InChI is InChI=1S/C33H22Cl5NO8/c34-19-11-18-23(13-21(19)41)47-22-12-20(40)16(14-5-7-15(8-6-14)32(44)39-9-3-1-2-4-24(42)43)10-17(22)25(18)26-27(33(45)46)29(36)31(38)30(37)28(26)35/h5-8,10-13,41H,1-4,9H2,(H,39,44)(H,42,43)(H,45,46). The topological polar surface area (TPSA) is 154 Å². The molecule has 0 saturated carbocycles. The second-order valence-corrected chi connectivity index (χ2v) is 12.4. The van der Waals surface area contributed by atoms with Gasteiger partial charge < -0.3 is 25.1 Å². The van der Waals surface area contributed by atoms with E-state index in [1.165, 1.54) is 24.3 Å². The first kappa shape index (κ1) is 34.3. The van der Waals surface area contributed by atoms with E-state index in [2.05, 4.69) is 5.32 Å². The van der Waals surface area contributed by atoms with Crippen molar-refractivity contribution >= 4 is 86.8 Å². The number of aromatic hydroxyl groups is 1. The molecule has 0 bridgehead atoms. The quantitative estimate of drug-likeness (QED) is 0.0479. The molecule has 0 fully saturated rings. The third-order valence-corrected chi connectivity index (χ3v) is 9.54. The molecule has 0 atom stereocenters. The van der Waals surface area contributed by atoms with Gasteiger partial charge in [0.15, 0.2) is 5.43 Å². The molecule has 0 spiro atoms. The molecule has 1 aliphatic carbocycles. The van der Waals surface area contributed by atoms with Crippen LogP contribution >= 0.6 is 58.0 Å². The summed E-state index contributed by atoms with van der Waals surface area (Å²) in [6.07, 6.45) is 1.87. The zero-order valence-corrected chi connectivity index (χ0v) is 27.7. The normalized spacial score (nSPS) is 11.3. The lowest BCUT2D eigenvalue weighted by atomic mass is 9.88. The number of carboxylic acids is 2. The van der Waals surface area contributed by atoms with E-state index in [-0.39, 0.29) is 82.2 Å². The van der Waals surface area contributed by atoms with Gasteiger partial charge >= 0.3 is 11.9 Å². The molecular weight excluding hydrogens is 716 g/mol. The molecule has 242 valence electrons. The Kier molecular flexibility index (Phi) is 10.2. The summed E-state index contributed by atoms with van der Waals surface area (Å²) in [6.45, 7) is 0.372. The van der Waals surface area contributed by atoms with E-state index in [4.69, 9.17) is 67.5 Å². The third kappa shape index (κ3) is 6.86. The molecule has 9 nitrogen and oxygen atoms in total. The maximum absolute atomic E-state index is 13.4. The zero-order chi connectivity index (χ0) is 34.2. The fourth-order valence-electron chi connectivity index (χ4n) is 5.17. The van der Waals surface area contributed by atoms with Gasteiger partial charge in [0, 0.05) is 58.3 Å². The number of unbranched alkanes of at least 4 members (excludes halogenated alkanes) is 2. The number of benzene rings is 4. The summed E-state index contributed by atoms with van der Waals surface area (Å²) in [4.78, 5) is 49.2. The van der Waals surface area contributed by atoms with Crippen LogP contribution in [0, 0.1) is 0 Å². The predicted molar refractivity (Wildman–Crippen MR) is 182 cm³/mol. The molecule has 1 amide bonds. The maximum Gasteiger partial charge on any atom is 0.337 e. The van der Waals surface area contributed by atoms with Crippen LogP contribution in [0.3, 0.4) is 0 Å². The van der Waals surface area contributed by atoms with Crippen molar-refractivity contribution in [1.29, 1.82) is 0 Å². The summed E-state index contributed by atoms with van der Waals surface area (Å²) in [5.74, 6) is -2.97. The van der Waals surface area contributed by atoms with Gasteiger partial charge in [-0.1, -0.05) is 76.6 Å². The fraction of sp³-hybridized carbons (Fsp3) is 0.152. The van der Waals surface area contributed by atoms with Gasteiger partial charge in [0.05, 0.1) is 30.7 Å². The van der Waals surface area contributed by atoms with E-state index in [1.54, 1.807) is 24.3 Å². The molecule has 0 saturated heterocycles. The molecule has 4 N–H and O–H groups in total. The number of aliphatic carboxylic acids is 1. The van der Waals surface area contributed by atoms with Gasteiger partial charge in [0.1, 0.15) is 17.1 Å². The first-order valence-corrected chi connectivity index (χ1v) is 15.8. The molecule has 0 aromatic heterocycles. The lowest BCUT2D eigenvalue weighted by Gasteiger charge is -2.21. The molecule has 14 heteroatoms. The summed E-state index contributed by atoms with van der Waals surface area (Å²) in [6, 6.07) is 11.5. The molecule has 0 radical (unpaired) electrons. The number of rotatable bonds is 10. The minimum atomic E-state index is -1.47. The molecule has 3 aromatic rings. The van der Waals surface area contributed by atoms with Crippen LogP contribution in [0.4, 0.5) is 0 Å². The second kappa shape index (κ2) is 14.0. The van der Waals surface area contributed by atoms with Crippen LogP contribution < -0.4 is 10.7 Å². The highest BCUT2D eigenvalue weighted by atomic mass is 35.5. The Morgan fingerprint density at radius 2 is 1.45 bits per heavy atom. The van der Waals surface area contributed by atoms with E-state index in [1.807, 2.05) is 0 Å². The zero-order valence-electron chi connectivity index (χ0n) is 23.9. The van der Waals surface area contributed by atoms with Gasteiger partial charge in [-0.3, -0.25) is 14.4 Å². The van der Waals surface area contributed by atoms with Crippen LogP contribution in [-0.4, -0.2) is 39.7 Å². The number of phenols is 1. The summed E-state index contributed by atoms with van der Waals surface area (Å²) < 4.78 is 5.98. The summed E-state index contributed by atoms with van der Waals surface area (Å²) in [7, 11) is 0. The van der Waals surface area contributed by atoms with Crippen molar-refractivity contribution in [1.82, 2.24) is 5.32 Å². The lowest BCUT2D eigenvalue weighted by Crippen LogP contribution is -2.24. The number of hydrogen-bond donors (Lipinski definition) is 4. The third-order valence-electron chi connectivity index (χ3n) is 7.43. The molecule has 1 heterocycles. The smallest absolute Gasteiger partial charge is 0.337 e. The largest absolute Gasteiger partial charge is 0.506 e. The molecule has 5 rings (SSSR count). The highest BCUT2D eigenvalue weighted by Crippen LogP contribution is 2.51. The van der Waals surface area contributed by atoms with E-state index in [0.29, 0.717) is 36.9 Å². The van der Waals surface area contributed by atoms with Gasteiger partial charge in [-0.2, -0.15) is 0 Å². The Labute approximate surface area is 291 Å². The van der Waals surface area contributed by atoms with Gasteiger partial charge in [0.25, 0.3) is 5.91 Å². The Balaban J connectivity index is 1.64. The Bertz CT molecular complexity index is 2110. The molecule has 3 aromatic carbocycles. The van der Waals surface area contributed by atoms with E-state index in [9.17, 15) is 29.4 Å². The number of halogens is 5. The molecule has 2 aliphatic rings. The van der Waals surface area contributed by atoms with Gasteiger partial charge in [-0.25, -0.2) is 4.79 Å². The first-order chi connectivity index (χ1) is 22.3. The predicted octanol–water partition coefficient (Wildman–Crippen LogP) is 9.28. The number of carboxylic acid groups (broad SMARTS) is 2. The van der Waals surface area contributed by atoms with Crippen LogP contribution in [0.1, 0.15) is 46.4 Å². The number of hydrogen-bond acceptors (Lipinski definition) is 6. The van der Waals surface area contributed by atoms with Crippen molar-refractivity contribution in [2.24, 2.45) is 0 Å². The summed E-state index contributed by atoms with van der Waals surface area (Å²) in [5.41, 5.74) is 0.348. The molecule has 47 heavy (non-hydrogen) atoms. The number of aromatic carboxylic acids is 1. The number of amides is 1. The Hall–Kier alpha value is -3.99. The van der Waals surface area contributed by atoms with Crippen LogP contribution in [0.25, 0.3) is 44.5 Å². The summed E-state index contributed by atoms with van der Waals surface area (Å²) >= 11 is 31.9. The number of fused-ring (bicyclic) bond motifs is 2. The number of phenolic OH excluding ortho intramolecular Hbond substituents is 1. The van der Waals surface area contributed by atoms with Gasteiger partial charge in [-0.05, 0) is 42.7 Å². The fourth-order valence-corrected chi connectivity index (χ4v) is 6.36. The van der Waals surface area contributed by atoms with Gasteiger partial charge in [-0.15, -0.1) is 0 Å². The monoisotopic (exact) mass is 735 g/mol. The van der Waals surface area contributed by atoms with Crippen LogP contribution in [-0.2, 0) is 4.79 Å². The molecule has 0 unspecified atom stereocenters. The van der Waals surface area contributed by atoms with Crippen LogP contribution in [0.2, 0.25) is 25.1 Å². The van der Waals surface area contributed by atoms with Crippen molar-refractivity contribution in [2.45, 2.75) is 25.7 Å². The minimum Gasteiger partial charge on any atom is -0.506 e. The van der Waals surface area contributed by atoms with Gasteiger partial charge in [0.2, 0.25) is 0 Å². The SMILES string of the molecule is O=C(O)CCCCCNC(=O)c1ccc(-c2cc3c(-c4c(Cl)c(Cl)c(Cl)c(Cl)c4C(=O)O)c4cc(Cl)c(O)cc4oc-3cc2=O)cc1. The lowest BCUT2D eigenvalue weighted by molar-refractivity contribution is -0.137. The Morgan fingerprint density at radius 3 is 2.11 bits per heavy atom. The summed E-state index contributed by atoms with van der Waals surface area (Å²) in [5, 5.41) is 31.1. The van der Waals surface area contributed by atoms with Crippen LogP contribution in [0.5, 0.6) is 5.75 Å². The maximum atomic E-state index is 13.4. The molecular formula is C33H22Cl5NO8. The molecule has 1 aliphatic heterocycles. The highest BCUT2D eigenvalue weighted by Gasteiger charge is 2.31. The van der Waals surface area contributed by atoms with E-state index >= 15 is 0 Å². The highest BCUT2D eigenvalue weighted by molar-refractivity contribution is 6.54. The number of carbonyl (C=O) groups excluding carboxylic acids is 1. The number of carbonyl (C=O) groups is 3. The van der Waals surface area contributed by atoms with E-state index < -0.39 is 22.9 Å². The minimum absolute atomic E-state index is 0.0249. The van der Waals surface area contributed by atoms with Crippen molar-refractivity contribution in [3.63, 3.8) is 0 Å².